The van der Waals surface area contributed by atoms with Gasteiger partial charge in [0.2, 0.25) is 0 Å². The molecule has 14 heavy (non-hydrogen) atoms. The number of rotatable bonds is 5. The molecule has 3 atom stereocenters. The second kappa shape index (κ2) is 6.41. The van der Waals surface area contributed by atoms with E-state index in [1.807, 2.05) is 0 Å². The fourth-order valence-electron chi connectivity index (χ4n) is 2.12. The van der Waals surface area contributed by atoms with Crippen LogP contribution in [0, 0.1) is 5.92 Å². The second-order valence-electron chi connectivity index (χ2n) is 4.80. The first-order valence-corrected chi connectivity index (χ1v) is 6.20. The molecule has 0 aromatic rings. The Morgan fingerprint density at radius 2 is 2.00 bits per heavy atom. The zero-order chi connectivity index (χ0) is 10.4. The Bertz CT molecular complexity index is 139. The van der Waals surface area contributed by atoms with E-state index >= 15 is 0 Å². The van der Waals surface area contributed by atoms with Gasteiger partial charge in [-0.25, -0.2) is 0 Å². The predicted octanol–water partition coefficient (Wildman–Crippen LogP) is 2.15. The Labute approximate surface area is 88.8 Å². The van der Waals surface area contributed by atoms with Crippen LogP contribution in [0.1, 0.15) is 46.5 Å². The van der Waals surface area contributed by atoms with E-state index in [-0.39, 0.29) is 0 Å². The first-order valence-electron chi connectivity index (χ1n) is 6.20. The molecule has 84 valence electrons. The largest absolute Gasteiger partial charge is 0.311 e. The van der Waals surface area contributed by atoms with Gasteiger partial charge in [0, 0.05) is 25.2 Å². The summed E-state index contributed by atoms with van der Waals surface area (Å²) in [7, 11) is 0. The highest BCUT2D eigenvalue weighted by molar-refractivity contribution is 4.83. The van der Waals surface area contributed by atoms with Crippen LogP contribution in [0.4, 0.5) is 0 Å². The lowest BCUT2D eigenvalue weighted by Gasteiger charge is -2.33. The summed E-state index contributed by atoms with van der Waals surface area (Å²) in [5, 5.41) is 7.17. The number of piperazine rings is 1. The summed E-state index contributed by atoms with van der Waals surface area (Å²) in [6, 6.07) is 1.34. The average Bonchev–Trinajstić information content (AvgIpc) is 2.19. The normalized spacial score (nSPS) is 30.2. The van der Waals surface area contributed by atoms with E-state index in [1.54, 1.807) is 0 Å². The third-order valence-corrected chi connectivity index (χ3v) is 3.32. The first kappa shape index (κ1) is 12.0. The number of hydrogen-bond acceptors (Lipinski definition) is 2. The van der Waals surface area contributed by atoms with Gasteiger partial charge in [0.05, 0.1) is 0 Å². The van der Waals surface area contributed by atoms with Crippen molar-refractivity contribution in [2.45, 2.75) is 58.5 Å². The van der Waals surface area contributed by atoms with Crippen molar-refractivity contribution in [1.29, 1.82) is 0 Å². The molecule has 0 aliphatic carbocycles. The van der Waals surface area contributed by atoms with Crippen LogP contribution in [-0.2, 0) is 0 Å². The maximum atomic E-state index is 3.63. The standard InChI is InChI=1S/C12H26N2/c1-4-5-6-7-10(2)12-9-13-11(3)8-14-12/h10-14H,4-9H2,1-3H3. The van der Waals surface area contributed by atoms with Gasteiger partial charge in [-0.15, -0.1) is 0 Å². The summed E-state index contributed by atoms with van der Waals surface area (Å²) < 4.78 is 0. The Morgan fingerprint density at radius 3 is 2.57 bits per heavy atom. The van der Waals surface area contributed by atoms with Crippen LogP contribution in [0.3, 0.4) is 0 Å². The zero-order valence-electron chi connectivity index (χ0n) is 9.97. The van der Waals surface area contributed by atoms with Crippen molar-refractivity contribution in [2.24, 2.45) is 5.92 Å². The van der Waals surface area contributed by atoms with E-state index < -0.39 is 0 Å². The van der Waals surface area contributed by atoms with Gasteiger partial charge < -0.3 is 10.6 Å². The second-order valence-corrected chi connectivity index (χ2v) is 4.80. The maximum absolute atomic E-state index is 3.63. The zero-order valence-corrected chi connectivity index (χ0v) is 9.97. The molecule has 0 spiro atoms. The summed E-state index contributed by atoms with van der Waals surface area (Å²) in [6.07, 6.45) is 5.49. The average molecular weight is 198 g/mol. The summed E-state index contributed by atoms with van der Waals surface area (Å²) >= 11 is 0. The SMILES string of the molecule is CCCCCC(C)C1CNC(C)CN1. The molecule has 1 aliphatic heterocycles. The van der Waals surface area contributed by atoms with E-state index in [9.17, 15) is 0 Å². The van der Waals surface area contributed by atoms with E-state index in [2.05, 4.69) is 31.4 Å². The van der Waals surface area contributed by atoms with Crippen LogP contribution in [0.5, 0.6) is 0 Å². The van der Waals surface area contributed by atoms with Gasteiger partial charge in [0.25, 0.3) is 0 Å². The third-order valence-electron chi connectivity index (χ3n) is 3.32. The lowest BCUT2D eigenvalue weighted by molar-refractivity contribution is 0.277. The Kier molecular flexibility index (Phi) is 5.49. The summed E-state index contributed by atoms with van der Waals surface area (Å²) in [5.74, 6) is 0.821. The predicted molar refractivity (Wildman–Crippen MR) is 62.6 cm³/mol. The molecule has 2 nitrogen and oxygen atoms in total. The number of hydrogen-bond donors (Lipinski definition) is 2. The molecule has 0 amide bonds. The minimum Gasteiger partial charge on any atom is -0.311 e. The molecule has 0 bridgehead atoms. The van der Waals surface area contributed by atoms with Gasteiger partial charge in [-0.3, -0.25) is 0 Å². The van der Waals surface area contributed by atoms with Crippen LogP contribution in [0.2, 0.25) is 0 Å². The van der Waals surface area contributed by atoms with Crippen molar-refractivity contribution in [3.05, 3.63) is 0 Å². The molecule has 1 aliphatic rings. The molecule has 1 saturated heterocycles. The first-order chi connectivity index (χ1) is 6.74. The molecule has 2 heteroatoms. The Balaban J connectivity index is 2.13. The van der Waals surface area contributed by atoms with Crippen LogP contribution >= 0.6 is 0 Å². The van der Waals surface area contributed by atoms with Gasteiger partial charge >= 0.3 is 0 Å². The van der Waals surface area contributed by atoms with Gasteiger partial charge in [-0.1, -0.05) is 33.1 Å². The van der Waals surface area contributed by atoms with Crippen molar-refractivity contribution >= 4 is 0 Å². The van der Waals surface area contributed by atoms with Crippen LogP contribution in [0.25, 0.3) is 0 Å². The molecular formula is C12H26N2. The van der Waals surface area contributed by atoms with Gasteiger partial charge in [-0.2, -0.15) is 0 Å². The number of nitrogens with one attached hydrogen (secondary N) is 2. The smallest absolute Gasteiger partial charge is 0.0218 e. The molecule has 1 rings (SSSR count). The molecule has 1 heterocycles. The summed E-state index contributed by atoms with van der Waals surface area (Å²) in [6.45, 7) is 9.17. The summed E-state index contributed by atoms with van der Waals surface area (Å²) in [5.41, 5.74) is 0. The van der Waals surface area contributed by atoms with E-state index in [1.165, 1.54) is 25.7 Å². The molecule has 3 unspecified atom stereocenters. The van der Waals surface area contributed by atoms with Gasteiger partial charge in [-0.05, 0) is 19.3 Å². The van der Waals surface area contributed by atoms with E-state index in [0.717, 1.165) is 19.0 Å². The van der Waals surface area contributed by atoms with Crippen LogP contribution in [-0.4, -0.2) is 25.2 Å². The van der Waals surface area contributed by atoms with Gasteiger partial charge in [0.15, 0.2) is 0 Å². The van der Waals surface area contributed by atoms with Crippen molar-refractivity contribution in [1.82, 2.24) is 10.6 Å². The number of unbranched alkanes of at least 4 members (excludes halogenated alkanes) is 2. The van der Waals surface area contributed by atoms with Crippen LogP contribution in [0.15, 0.2) is 0 Å². The van der Waals surface area contributed by atoms with Gasteiger partial charge in [0.1, 0.15) is 0 Å². The van der Waals surface area contributed by atoms with Crippen molar-refractivity contribution in [3.8, 4) is 0 Å². The molecular weight excluding hydrogens is 172 g/mol. The minimum atomic E-state index is 0.647. The lowest BCUT2D eigenvalue weighted by atomic mass is 9.93. The molecule has 0 saturated carbocycles. The third kappa shape index (κ3) is 3.97. The Hall–Kier alpha value is -0.0800. The van der Waals surface area contributed by atoms with Crippen molar-refractivity contribution in [3.63, 3.8) is 0 Å². The quantitative estimate of drug-likeness (QED) is 0.662. The highest BCUT2D eigenvalue weighted by Crippen LogP contribution is 2.14. The molecule has 2 N–H and O–H groups in total. The van der Waals surface area contributed by atoms with E-state index in [4.69, 9.17) is 0 Å². The summed E-state index contributed by atoms with van der Waals surface area (Å²) in [4.78, 5) is 0. The topological polar surface area (TPSA) is 24.1 Å². The fourth-order valence-corrected chi connectivity index (χ4v) is 2.12. The molecule has 1 fully saturated rings. The fraction of sp³-hybridized carbons (Fsp3) is 1.00. The molecule has 0 aromatic heterocycles. The monoisotopic (exact) mass is 198 g/mol. The minimum absolute atomic E-state index is 0.647. The Morgan fingerprint density at radius 1 is 1.21 bits per heavy atom. The molecule has 0 aromatic carbocycles. The lowest BCUT2D eigenvalue weighted by Crippen LogP contribution is -2.55. The van der Waals surface area contributed by atoms with Crippen molar-refractivity contribution in [2.75, 3.05) is 13.1 Å². The molecule has 0 radical (unpaired) electrons. The highest BCUT2D eigenvalue weighted by Gasteiger charge is 2.21. The van der Waals surface area contributed by atoms with Crippen molar-refractivity contribution < 1.29 is 0 Å². The van der Waals surface area contributed by atoms with Crippen LogP contribution < -0.4 is 10.6 Å². The maximum Gasteiger partial charge on any atom is 0.0218 e. The van der Waals surface area contributed by atoms with E-state index in [0.29, 0.717) is 12.1 Å². The highest BCUT2D eigenvalue weighted by atomic mass is 15.1.